The number of amides is 1. The zero-order valence-electron chi connectivity index (χ0n) is 19.7. The van der Waals surface area contributed by atoms with Gasteiger partial charge in [0, 0.05) is 13.1 Å². The Bertz CT molecular complexity index is 1130. The number of carbonyl (C=O) groups excluding carboxylic acids is 2. The van der Waals surface area contributed by atoms with Crippen molar-refractivity contribution < 1.29 is 32.2 Å². The van der Waals surface area contributed by atoms with Gasteiger partial charge in [-0.2, -0.15) is 4.72 Å². The topological polar surface area (TPSA) is 111 Å². The second kappa shape index (κ2) is 10.9. The quantitative estimate of drug-likeness (QED) is 0.536. The molecule has 3 rings (SSSR count). The molecule has 1 N–H and O–H groups in total. The summed E-state index contributed by atoms with van der Waals surface area (Å²) in [6, 6.07) is 10.4. The highest BCUT2D eigenvalue weighted by molar-refractivity contribution is 7.89. The van der Waals surface area contributed by atoms with Gasteiger partial charge < -0.3 is 19.1 Å². The highest BCUT2D eigenvalue weighted by Crippen LogP contribution is 2.33. The summed E-state index contributed by atoms with van der Waals surface area (Å²) in [5.41, 5.74) is 1.99. The van der Waals surface area contributed by atoms with Crippen LogP contribution in [0.4, 0.5) is 0 Å². The summed E-state index contributed by atoms with van der Waals surface area (Å²) in [5, 5.41) is 0. The number of esters is 1. The third kappa shape index (κ3) is 5.87. The van der Waals surface area contributed by atoms with Gasteiger partial charge in [-0.05, 0) is 47.7 Å². The van der Waals surface area contributed by atoms with Gasteiger partial charge in [0.2, 0.25) is 10.0 Å². The van der Waals surface area contributed by atoms with Crippen LogP contribution in [0.2, 0.25) is 0 Å². The Kier molecular flexibility index (Phi) is 8.16. The maximum atomic E-state index is 12.7. The van der Waals surface area contributed by atoms with Gasteiger partial charge in [-0.1, -0.05) is 32.0 Å². The van der Waals surface area contributed by atoms with E-state index in [4.69, 9.17) is 14.2 Å². The summed E-state index contributed by atoms with van der Waals surface area (Å²) in [7, 11) is -0.803. The minimum absolute atomic E-state index is 0.0450. The van der Waals surface area contributed by atoms with E-state index in [0.717, 1.165) is 11.1 Å². The summed E-state index contributed by atoms with van der Waals surface area (Å²) in [5.74, 6) is -0.334. The summed E-state index contributed by atoms with van der Waals surface area (Å²) in [4.78, 5) is 27.1. The van der Waals surface area contributed by atoms with E-state index in [1.54, 1.807) is 51.2 Å². The fraction of sp³-hybridized carbons (Fsp3) is 0.417. The van der Waals surface area contributed by atoms with Crippen molar-refractivity contribution in [3.8, 4) is 11.5 Å². The van der Waals surface area contributed by atoms with Crippen LogP contribution in [0.5, 0.6) is 11.5 Å². The molecule has 0 fully saturated rings. The van der Waals surface area contributed by atoms with Crippen LogP contribution in [0.1, 0.15) is 25.0 Å². The Morgan fingerprint density at radius 3 is 2.24 bits per heavy atom. The molecule has 0 spiro atoms. The van der Waals surface area contributed by atoms with Gasteiger partial charge in [-0.25, -0.2) is 8.42 Å². The molecule has 2 aromatic rings. The standard InChI is InChI=1S/C24H30N2O7S/c1-16(2)23(25-34(29,30)19-8-6-5-7-9-19)24(28)33-15-22(27)26-11-10-17-12-20(31-3)21(32-4)13-18(17)14-26/h5-9,12-13,16,23,25H,10-11,14-15H2,1-4H3. The zero-order chi connectivity index (χ0) is 24.9. The van der Waals surface area contributed by atoms with Crippen LogP contribution in [-0.2, 0) is 37.3 Å². The van der Waals surface area contributed by atoms with E-state index >= 15 is 0 Å². The van der Waals surface area contributed by atoms with Crippen LogP contribution in [0, 0.1) is 5.92 Å². The second-order valence-corrected chi connectivity index (χ2v) is 10.0. The fourth-order valence-corrected chi connectivity index (χ4v) is 5.06. The van der Waals surface area contributed by atoms with E-state index in [0.29, 0.717) is 31.0 Å². The van der Waals surface area contributed by atoms with E-state index in [2.05, 4.69) is 4.72 Å². The number of ether oxygens (including phenoxy) is 3. The van der Waals surface area contributed by atoms with Gasteiger partial charge in [0.25, 0.3) is 5.91 Å². The SMILES string of the molecule is COc1cc2c(cc1OC)CN(C(=O)COC(=O)C(NS(=O)(=O)c1ccccc1)C(C)C)CC2. The Morgan fingerprint density at radius 1 is 1.03 bits per heavy atom. The molecule has 1 aliphatic heterocycles. The molecule has 1 amide bonds. The molecule has 0 aromatic heterocycles. The van der Waals surface area contributed by atoms with Gasteiger partial charge in [0.15, 0.2) is 18.1 Å². The lowest BCUT2D eigenvalue weighted by Crippen LogP contribution is -2.46. The van der Waals surface area contributed by atoms with Crippen molar-refractivity contribution >= 4 is 21.9 Å². The Labute approximate surface area is 200 Å². The van der Waals surface area contributed by atoms with Crippen molar-refractivity contribution in [3.05, 3.63) is 53.6 Å². The molecule has 184 valence electrons. The normalized spacial score (nSPS) is 14.3. The second-order valence-electron chi connectivity index (χ2n) is 8.30. The first-order chi connectivity index (χ1) is 16.2. The first-order valence-electron chi connectivity index (χ1n) is 10.9. The summed E-state index contributed by atoms with van der Waals surface area (Å²) < 4.78 is 43.6. The van der Waals surface area contributed by atoms with Crippen molar-refractivity contribution in [2.45, 2.75) is 37.8 Å². The van der Waals surface area contributed by atoms with Crippen LogP contribution >= 0.6 is 0 Å². The Hall–Kier alpha value is -3.11. The Morgan fingerprint density at radius 2 is 1.65 bits per heavy atom. The number of sulfonamides is 1. The molecular formula is C24H30N2O7S. The monoisotopic (exact) mass is 490 g/mol. The van der Waals surface area contributed by atoms with Crippen molar-refractivity contribution in [3.63, 3.8) is 0 Å². The Balaban J connectivity index is 1.63. The number of rotatable bonds is 9. The molecule has 0 saturated carbocycles. The van der Waals surface area contributed by atoms with E-state index in [9.17, 15) is 18.0 Å². The molecule has 34 heavy (non-hydrogen) atoms. The van der Waals surface area contributed by atoms with Crippen LogP contribution in [-0.4, -0.2) is 58.6 Å². The molecule has 1 unspecified atom stereocenters. The lowest BCUT2D eigenvalue weighted by atomic mass is 9.99. The number of fused-ring (bicyclic) bond motifs is 1. The molecule has 0 radical (unpaired) electrons. The largest absolute Gasteiger partial charge is 0.493 e. The molecule has 0 aliphatic carbocycles. The number of carbonyl (C=O) groups is 2. The maximum Gasteiger partial charge on any atom is 0.324 e. The molecule has 2 aromatic carbocycles. The molecule has 9 nitrogen and oxygen atoms in total. The van der Waals surface area contributed by atoms with Gasteiger partial charge in [0.1, 0.15) is 6.04 Å². The van der Waals surface area contributed by atoms with E-state index < -0.39 is 28.6 Å². The van der Waals surface area contributed by atoms with Crippen LogP contribution < -0.4 is 14.2 Å². The van der Waals surface area contributed by atoms with E-state index in [1.807, 2.05) is 12.1 Å². The van der Waals surface area contributed by atoms with Gasteiger partial charge in [0.05, 0.1) is 19.1 Å². The van der Waals surface area contributed by atoms with Crippen molar-refractivity contribution in [2.75, 3.05) is 27.4 Å². The minimum atomic E-state index is -3.92. The molecule has 0 bridgehead atoms. The lowest BCUT2D eigenvalue weighted by molar-refractivity contribution is -0.154. The first kappa shape index (κ1) is 25.5. The average molecular weight is 491 g/mol. The van der Waals surface area contributed by atoms with Gasteiger partial charge in [-0.3, -0.25) is 9.59 Å². The molecular weight excluding hydrogens is 460 g/mol. The number of methoxy groups -OCH3 is 2. The predicted molar refractivity (Wildman–Crippen MR) is 125 cm³/mol. The molecule has 1 aliphatic rings. The maximum absolute atomic E-state index is 12.7. The average Bonchev–Trinajstić information content (AvgIpc) is 2.84. The van der Waals surface area contributed by atoms with Crippen molar-refractivity contribution in [1.29, 1.82) is 0 Å². The molecule has 1 heterocycles. The summed E-state index contributed by atoms with van der Waals surface area (Å²) >= 11 is 0. The molecule has 10 heteroatoms. The fourth-order valence-electron chi connectivity index (χ4n) is 3.70. The van der Waals surface area contributed by atoms with Crippen LogP contribution in [0.3, 0.4) is 0 Å². The number of benzene rings is 2. The predicted octanol–water partition coefficient (Wildman–Crippen LogP) is 2.13. The lowest BCUT2D eigenvalue weighted by Gasteiger charge is -2.30. The van der Waals surface area contributed by atoms with Gasteiger partial charge >= 0.3 is 5.97 Å². The van der Waals surface area contributed by atoms with Crippen molar-refractivity contribution in [1.82, 2.24) is 9.62 Å². The third-order valence-corrected chi connectivity index (χ3v) is 7.12. The first-order valence-corrected chi connectivity index (χ1v) is 12.4. The molecule has 0 saturated heterocycles. The summed E-state index contributed by atoms with van der Waals surface area (Å²) in [6.45, 7) is 3.74. The summed E-state index contributed by atoms with van der Waals surface area (Å²) in [6.07, 6.45) is 0.626. The third-order valence-electron chi connectivity index (χ3n) is 5.66. The van der Waals surface area contributed by atoms with E-state index in [-0.39, 0.29) is 16.7 Å². The highest BCUT2D eigenvalue weighted by Gasteiger charge is 2.31. The van der Waals surface area contributed by atoms with Crippen LogP contribution in [0.25, 0.3) is 0 Å². The van der Waals surface area contributed by atoms with Crippen LogP contribution in [0.15, 0.2) is 47.4 Å². The number of hydrogen-bond donors (Lipinski definition) is 1. The number of nitrogens with zero attached hydrogens (tertiary/aromatic N) is 1. The highest BCUT2D eigenvalue weighted by atomic mass is 32.2. The smallest absolute Gasteiger partial charge is 0.324 e. The van der Waals surface area contributed by atoms with Crippen molar-refractivity contribution in [2.24, 2.45) is 5.92 Å². The number of hydrogen-bond acceptors (Lipinski definition) is 7. The minimum Gasteiger partial charge on any atom is -0.493 e. The molecule has 1 atom stereocenters. The zero-order valence-corrected chi connectivity index (χ0v) is 20.6. The van der Waals surface area contributed by atoms with E-state index in [1.165, 1.54) is 12.1 Å². The number of nitrogens with one attached hydrogen (secondary N) is 1. The van der Waals surface area contributed by atoms with Gasteiger partial charge in [-0.15, -0.1) is 0 Å².